The molecule has 4 nitrogen and oxygen atoms in total. The van der Waals surface area contributed by atoms with Gasteiger partial charge in [-0.05, 0) is 41.0 Å². The molecule has 0 aliphatic carbocycles. The fraction of sp³-hybridized carbons (Fsp3) is 0.160. The van der Waals surface area contributed by atoms with Gasteiger partial charge in [-0.3, -0.25) is 9.89 Å². The number of benzene rings is 3. The van der Waals surface area contributed by atoms with Crippen molar-refractivity contribution in [2.24, 2.45) is 4.99 Å². The molecule has 0 aromatic heterocycles. The van der Waals surface area contributed by atoms with Gasteiger partial charge >= 0.3 is 0 Å². The molecule has 0 bridgehead atoms. The van der Waals surface area contributed by atoms with Crippen LogP contribution in [0.3, 0.4) is 0 Å². The molecular formula is C25H24N2O2S. The minimum absolute atomic E-state index is 0.562. The molecule has 152 valence electrons. The number of thioether (sulfide) groups is 1. The summed E-state index contributed by atoms with van der Waals surface area (Å²) < 4.78 is 5.24. The first-order valence-electron chi connectivity index (χ1n) is 9.82. The van der Waals surface area contributed by atoms with Gasteiger partial charge < -0.3 is 9.84 Å². The summed E-state index contributed by atoms with van der Waals surface area (Å²) in [5, 5.41) is 11.9. The lowest BCUT2D eigenvalue weighted by Gasteiger charge is -2.22. The molecule has 5 heteroatoms. The predicted octanol–water partition coefficient (Wildman–Crippen LogP) is 5.30. The minimum atomic E-state index is -0.780. The second-order valence-electron chi connectivity index (χ2n) is 6.99. The van der Waals surface area contributed by atoms with Crippen molar-refractivity contribution in [3.8, 4) is 0 Å². The molecule has 1 saturated heterocycles. The molecule has 3 aromatic rings. The van der Waals surface area contributed by atoms with Gasteiger partial charge in [-0.25, -0.2) is 0 Å². The van der Waals surface area contributed by atoms with Crippen molar-refractivity contribution in [3.05, 3.63) is 107 Å². The third-order valence-electron chi connectivity index (χ3n) is 4.76. The maximum absolute atomic E-state index is 11.1. The normalized spacial score (nSPS) is 19.0. The zero-order chi connectivity index (χ0) is 20.8. The van der Waals surface area contributed by atoms with Crippen molar-refractivity contribution < 1.29 is 9.84 Å². The summed E-state index contributed by atoms with van der Waals surface area (Å²) in [6.07, 6.45) is 1.24. The van der Waals surface area contributed by atoms with Gasteiger partial charge in [0.15, 0.2) is 11.4 Å². The summed E-state index contributed by atoms with van der Waals surface area (Å²) in [7, 11) is 1.69. The summed E-state index contributed by atoms with van der Waals surface area (Å²) in [6.45, 7) is 1.13. The van der Waals surface area contributed by atoms with Crippen molar-refractivity contribution in [3.63, 3.8) is 0 Å². The van der Waals surface area contributed by atoms with Crippen LogP contribution in [0.25, 0.3) is 6.08 Å². The molecule has 3 aromatic carbocycles. The fourth-order valence-corrected chi connectivity index (χ4v) is 4.39. The Bertz CT molecular complexity index is 1040. The van der Waals surface area contributed by atoms with E-state index in [1.165, 1.54) is 11.8 Å². The number of rotatable bonds is 6. The monoisotopic (exact) mass is 416 g/mol. The van der Waals surface area contributed by atoms with Gasteiger partial charge in [0.05, 0.1) is 13.2 Å². The van der Waals surface area contributed by atoms with Gasteiger partial charge in [-0.15, -0.1) is 0 Å². The van der Waals surface area contributed by atoms with Gasteiger partial charge in [0.25, 0.3) is 0 Å². The average Bonchev–Trinajstić information content (AvgIpc) is 3.09. The van der Waals surface area contributed by atoms with Crippen LogP contribution in [0, 0.1) is 0 Å². The van der Waals surface area contributed by atoms with Crippen LogP contribution < -0.4 is 4.90 Å². The Hall–Kier alpha value is -2.86. The molecule has 1 fully saturated rings. The maximum Gasteiger partial charge on any atom is 0.171 e. The molecule has 0 saturated carbocycles. The molecule has 1 N–H and O–H groups in total. The van der Waals surface area contributed by atoms with Crippen LogP contribution in [-0.2, 0) is 17.9 Å². The van der Waals surface area contributed by atoms with Crippen LogP contribution in [0.5, 0.6) is 0 Å². The predicted molar refractivity (Wildman–Crippen MR) is 125 cm³/mol. The summed E-state index contributed by atoms with van der Waals surface area (Å²) in [5.74, 6) is 0. The standard InChI is InChI=1S/C25H24N2O2S/c1-29-18-21-12-8-11-20(15-21)16-23-24(28)27(22-13-6-3-7-14-22)25(30-23)26-17-19-9-4-2-5-10-19/h2-16,24,28H,17-18H2,1H3/b23-16-,26-25-. The number of para-hydroxylation sites is 1. The quantitative estimate of drug-likeness (QED) is 0.592. The minimum Gasteiger partial charge on any atom is -0.380 e. The smallest absolute Gasteiger partial charge is 0.171 e. The zero-order valence-corrected chi connectivity index (χ0v) is 17.6. The van der Waals surface area contributed by atoms with Gasteiger partial charge in [0, 0.05) is 17.7 Å². The van der Waals surface area contributed by atoms with E-state index in [9.17, 15) is 5.11 Å². The molecule has 1 aliphatic heterocycles. The van der Waals surface area contributed by atoms with Crippen LogP contribution >= 0.6 is 11.8 Å². The number of hydrogen-bond donors (Lipinski definition) is 1. The molecule has 1 heterocycles. The van der Waals surface area contributed by atoms with Gasteiger partial charge in [-0.2, -0.15) is 0 Å². The second-order valence-corrected chi connectivity index (χ2v) is 8.03. The SMILES string of the molecule is COCc1cccc(/C=C2\S/C(=N\Cc3ccccc3)N(c3ccccc3)C2O)c1. The Balaban J connectivity index is 1.66. The molecule has 1 unspecified atom stereocenters. The van der Waals surface area contributed by atoms with E-state index in [1.54, 1.807) is 7.11 Å². The highest BCUT2D eigenvalue weighted by Gasteiger charge is 2.34. The number of hydrogen-bond acceptors (Lipinski definition) is 4. The summed E-state index contributed by atoms with van der Waals surface area (Å²) in [4.78, 5) is 7.56. The first-order valence-corrected chi connectivity index (χ1v) is 10.6. The van der Waals surface area contributed by atoms with E-state index >= 15 is 0 Å². The number of anilines is 1. The van der Waals surface area contributed by atoms with Crippen LogP contribution in [-0.4, -0.2) is 23.6 Å². The zero-order valence-electron chi connectivity index (χ0n) is 16.8. The van der Waals surface area contributed by atoms with Crippen molar-refractivity contribution in [1.29, 1.82) is 0 Å². The first-order chi connectivity index (χ1) is 14.7. The lowest BCUT2D eigenvalue weighted by molar-refractivity contribution is 0.185. The number of methoxy groups -OCH3 is 1. The molecule has 0 radical (unpaired) electrons. The lowest BCUT2D eigenvalue weighted by Crippen LogP contribution is -2.33. The van der Waals surface area contributed by atoms with Crippen LogP contribution in [0.1, 0.15) is 16.7 Å². The number of aliphatic hydroxyl groups is 1. The summed E-state index contributed by atoms with van der Waals surface area (Å²) in [6, 6.07) is 28.2. The largest absolute Gasteiger partial charge is 0.380 e. The van der Waals surface area contributed by atoms with E-state index in [1.807, 2.05) is 77.7 Å². The molecule has 30 heavy (non-hydrogen) atoms. The third kappa shape index (κ3) is 4.82. The van der Waals surface area contributed by atoms with Crippen molar-refractivity contribution in [2.75, 3.05) is 12.0 Å². The summed E-state index contributed by atoms with van der Waals surface area (Å²) >= 11 is 1.51. The van der Waals surface area contributed by atoms with E-state index in [0.717, 1.165) is 32.5 Å². The van der Waals surface area contributed by atoms with Crippen LogP contribution in [0.15, 0.2) is 94.8 Å². The van der Waals surface area contributed by atoms with E-state index in [-0.39, 0.29) is 0 Å². The molecule has 0 amide bonds. The highest BCUT2D eigenvalue weighted by atomic mass is 32.2. The Morgan fingerprint density at radius 1 is 0.967 bits per heavy atom. The van der Waals surface area contributed by atoms with Crippen molar-refractivity contribution in [2.45, 2.75) is 19.4 Å². The van der Waals surface area contributed by atoms with Crippen LogP contribution in [0.2, 0.25) is 0 Å². The fourth-order valence-electron chi connectivity index (χ4n) is 3.34. The summed E-state index contributed by atoms with van der Waals surface area (Å²) in [5.41, 5.74) is 4.18. The topological polar surface area (TPSA) is 45.1 Å². The maximum atomic E-state index is 11.1. The third-order valence-corrected chi connectivity index (χ3v) is 5.83. The second kappa shape index (κ2) is 9.76. The van der Waals surface area contributed by atoms with E-state index < -0.39 is 6.23 Å². The van der Waals surface area contributed by atoms with Gasteiger partial charge in [-0.1, -0.05) is 78.5 Å². The highest BCUT2D eigenvalue weighted by Crippen LogP contribution is 2.39. The first kappa shape index (κ1) is 20.4. The van der Waals surface area contributed by atoms with E-state index in [4.69, 9.17) is 9.73 Å². The molecule has 1 aliphatic rings. The molecular weight excluding hydrogens is 392 g/mol. The number of ether oxygens (including phenoxy) is 1. The van der Waals surface area contributed by atoms with Crippen molar-refractivity contribution >= 4 is 28.7 Å². The molecule has 4 rings (SSSR count). The Morgan fingerprint density at radius 2 is 1.67 bits per heavy atom. The molecule has 0 spiro atoms. The van der Waals surface area contributed by atoms with Crippen molar-refractivity contribution in [1.82, 2.24) is 0 Å². The average molecular weight is 417 g/mol. The molecule has 1 atom stereocenters. The number of aliphatic hydroxyl groups excluding tert-OH is 1. The number of aliphatic imine (C=N–C) groups is 1. The Morgan fingerprint density at radius 3 is 2.40 bits per heavy atom. The Labute approximate surface area is 181 Å². The lowest BCUT2D eigenvalue weighted by atomic mass is 10.1. The number of nitrogens with zero attached hydrogens (tertiary/aromatic N) is 2. The van der Waals surface area contributed by atoms with Gasteiger partial charge in [0.2, 0.25) is 0 Å². The van der Waals surface area contributed by atoms with E-state index in [2.05, 4.69) is 18.2 Å². The number of amidine groups is 1. The Kier molecular flexibility index (Phi) is 6.64. The van der Waals surface area contributed by atoms with Crippen LogP contribution in [0.4, 0.5) is 5.69 Å². The van der Waals surface area contributed by atoms with Gasteiger partial charge in [0.1, 0.15) is 0 Å². The highest BCUT2D eigenvalue weighted by molar-refractivity contribution is 8.18. The van der Waals surface area contributed by atoms with E-state index in [0.29, 0.717) is 13.2 Å².